The van der Waals surface area contributed by atoms with Crippen molar-refractivity contribution in [2.45, 2.75) is 6.54 Å². The van der Waals surface area contributed by atoms with E-state index in [1.54, 1.807) is 0 Å². The molecule has 1 heterocycles. The fraction of sp³-hybridized carbons (Fsp3) is 0.333. The molecule has 0 aliphatic heterocycles. The van der Waals surface area contributed by atoms with E-state index in [-0.39, 0.29) is 64.6 Å². The van der Waals surface area contributed by atoms with Crippen LogP contribution in [0.3, 0.4) is 0 Å². The molecule has 0 fully saturated rings. The van der Waals surface area contributed by atoms with Crippen molar-refractivity contribution in [2.75, 3.05) is 39.8 Å². The highest BCUT2D eigenvalue weighted by atomic mass is 35.5. The summed E-state index contributed by atoms with van der Waals surface area (Å²) in [5, 5.41) is 42.1. The van der Waals surface area contributed by atoms with Crippen LogP contribution in [0, 0.1) is 0 Å². The Kier molecular flexibility index (Phi) is 10.4. The first-order valence-corrected chi connectivity index (χ1v) is 9.90. The summed E-state index contributed by atoms with van der Waals surface area (Å²) in [5.41, 5.74) is 1.09. The number of phenolic OH excluding ortho intramolecular Hbond substituents is 2. The van der Waals surface area contributed by atoms with Crippen molar-refractivity contribution in [1.29, 1.82) is 0 Å². The number of aromatic nitrogens is 2. The Morgan fingerprint density at radius 1 is 1.00 bits per heavy atom. The minimum Gasteiger partial charge on any atom is -0.507 e. The van der Waals surface area contributed by atoms with Gasteiger partial charge in [0.1, 0.15) is 11.5 Å². The van der Waals surface area contributed by atoms with E-state index in [2.05, 4.69) is 20.7 Å². The number of aromatic amines is 1. The molecule has 0 amide bonds. The molecule has 4 rings (SSSR count). The fourth-order valence-electron chi connectivity index (χ4n) is 3.91. The van der Waals surface area contributed by atoms with E-state index >= 15 is 0 Å². The van der Waals surface area contributed by atoms with Gasteiger partial charge in [-0.3, -0.25) is 19.6 Å². The number of hydrogen-bond acceptors (Lipinski definition) is 7. The molecule has 1 aromatic heterocycles. The first-order chi connectivity index (χ1) is 14.6. The second-order valence-electron chi connectivity index (χ2n) is 7.13. The van der Waals surface area contributed by atoms with Crippen LogP contribution >= 0.6 is 24.8 Å². The number of likely N-dealkylation sites (N-methyl/N-ethyl adjacent to an activating group) is 1. The molecule has 0 unspecified atom stereocenters. The minimum absolute atomic E-state index is 0. The van der Waals surface area contributed by atoms with Crippen molar-refractivity contribution in [3.05, 3.63) is 39.8 Å². The fourth-order valence-corrected chi connectivity index (χ4v) is 3.91. The third-order valence-electron chi connectivity index (χ3n) is 5.26. The van der Waals surface area contributed by atoms with Gasteiger partial charge in [-0.2, -0.15) is 0 Å². The summed E-state index contributed by atoms with van der Waals surface area (Å²) >= 11 is 0. The van der Waals surface area contributed by atoms with E-state index in [0.717, 1.165) is 5.52 Å². The molecule has 10 nitrogen and oxygen atoms in total. The van der Waals surface area contributed by atoms with Gasteiger partial charge in [0.2, 0.25) is 0 Å². The smallest absolute Gasteiger partial charge is 0.189 e. The highest BCUT2D eigenvalue weighted by Crippen LogP contribution is 2.41. The zero-order valence-electron chi connectivity index (χ0n) is 18.0. The molecule has 0 aliphatic rings. The number of benzene rings is 3. The molecule has 0 saturated carbocycles. The maximum Gasteiger partial charge on any atom is 0.189 e. The number of aliphatic hydroxyl groups is 1. The van der Waals surface area contributed by atoms with E-state index < -0.39 is 0 Å². The number of nitrogens with zero attached hydrogens (tertiary/aromatic N) is 2. The van der Waals surface area contributed by atoms with Crippen molar-refractivity contribution in [2.24, 2.45) is 4.99 Å². The van der Waals surface area contributed by atoms with Crippen LogP contribution in [-0.2, 0) is 6.54 Å². The Bertz CT molecular complexity index is 1340. The molecule has 8 N–H and O–H groups in total. The molecule has 4 aromatic rings. The molecular weight excluding hydrogens is 473 g/mol. The number of rotatable bonds is 8. The van der Waals surface area contributed by atoms with Gasteiger partial charge >= 0.3 is 0 Å². The Morgan fingerprint density at radius 2 is 1.76 bits per heavy atom. The van der Waals surface area contributed by atoms with Gasteiger partial charge < -0.3 is 31.4 Å². The number of H-pyrrole nitrogens is 1. The maximum atomic E-state index is 12.7. The van der Waals surface area contributed by atoms with Gasteiger partial charge in [0, 0.05) is 25.0 Å². The van der Waals surface area contributed by atoms with E-state index in [4.69, 9.17) is 5.11 Å². The summed E-state index contributed by atoms with van der Waals surface area (Å²) in [7, 11) is 1.84. The van der Waals surface area contributed by atoms with Crippen LogP contribution in [0.1, 0.15) is 0 Å². The molecule has 3 aromatic carbocycles. The lowest BCUT2D eigenvalue weighted by Gasteiger charge is -2.09. The topological polar surface area (TPSA) is 166 Å². The van der Waals surface area contributed by atoms with Crippen LogP contribution in [0.25, 0.3) is 32.6 Å². The zero-order chi connectivity index (χ0) is 21.3. The third kappa shape index (κ3) is 5.01. The molecule has 0 saturated heterocycles. The van der Waals surface area contributed by atoms with Gasteiger partial charge in [0.15, 0.2) is 5.43 Å². The summed E-state index contributed by atoms with van der Waals surface area (Å²) in [6.07, 6.45) is 0. The van der Waals surface area contributed by atoms with Crippen molar-refractivity contribution >= 4 is 57.4 Å². The highest BCUT2D eigenvalue weighted by molar-refractivity contribution is 6.23. The number of aromatic hydroxyl groups is 2. The van der Waals surface area contributed by atoms with Crippen LogP contribution < -0.4 is 21.4 Å². The molecule has 0 atom stereocenters. The maximum absolute atomic E-state index is 12.7. The third-order valence-corrected chi connectivity index (χ3v) is 5.26. The largest absolute Gasteiger partial charge is 0.507 e. The number of halogens is 2. The lowest BCUT2D eigenvalue weighted by atomic mass is 9.99. The van der Waals surface area contributed by atoms with Gasteiger partial charge in [-0.05, 0) is 31.3 Å². The Labute approximate surface area is 201 Å². The van der Waals surface area contributed by atoms with Crippen LogP contribution in [-0.4, -0.2) is 70.4 Å². The molecule has 0 spiro atoms. The van der Waals surface area contributed by atoms with Gasteiger partial charge in [-0.15, -0.1) is 24.8 Å². The SMILES string of the molecule is CNCCN=c1ccc2c3c1c(O)c1c(O)ccc(=O)c1c3[nH]n2CCNCCO.Cl.Cl.O. The van der Waals surface area contributed by atoms with Gasteiger partial charge in [-0.25, -0.2) is 0 Å². The van der Waals surface area contributed by atoms with E-state index in [9.17, 15) is 15.0 Å². The molecule has 33 heavy (non-hydrogen) atoms. The Hall–Kier alpha value is -2.60. The lowest BCUT2D eigenvalue weighted by molar-refractivity contribution is 0.291. The van der Waals surface area contributed by atoms with E-state index in [1.165, 1.54) is 12.1 Å². The van der Waals surface area contributed by atoms with E-state index in [1.807, 2.05) is 23.9 Å². The quantitative estimate of drug-likeness (QED) is 0.149. The van der Waals surface area contributed by atoms with Crippen LogP contribution in [0.5, 0.6) is 11.5 Å². The first kappa shape index (κ1) is 28.4. The van der Waals surface area contributed by atoms with Crippen LogP contribution in [0.4, 0.5) is 0 Å². The molecule has 12 heteroatoms. The summed E-state index contributed by atoms with van der Waals surface area (Å²) in [5.74, 6) is -0.303. The van der Waals surface area contributed by atoms with Crippen molar-refractivity contribution in [3.63, 3.8) is 0 Å². The number of aliphatic hydroxyl groups excluding tert-OH is 1. The minimum atomic E-state index is -0.286. The Balaban J connectivity index is 0.00000181. The second kappa shape index (κ2) is 12.0. The second-order valence-corrected chi connectivity index (χ2v) is 7.13. The summed E-state index contributed by atoms with van der Waals surface area (Å²) < 4.78 is 1.89. The number of nitrogens with one attached hydrogen (secondary N) is 3. The normalized spacial score (nSPS) is 11.5. The zero-order valence-corrected chi connectivity index (χ0v) is 19.6. The van der Waals surface area contributed by atoms with Gasteiger partial charge in [0.25, 0.3) is 0 Å². The average molecular weight is 502 g/mol. The lowest BCUT2D eigenvalue weighted by Crippen LogP contribution is -2.23. The number of phenols is 2. The molecular formula is C21H29Cl2N5O5. The molecule has 182 valence electrons. The Morgan fingerprint density at radius 3 is 2.45 bits per heavy atom. The van der Waals surface area contributed by atoms with Crippen molar-refractivity contribution in [3.8, 4) is 11.5 Å². The van der Waals surface area contributed by atoms with Crippen molar-refractivity contribution < 1.29 is 20.8 Å². The number of fused-ring (bicyclic) bond motifs is 2. The summed E-state index contributed by atoms with van der Waals surface area (Å²) in [6, 6.07) is 6.35. The van der Waals surface area contributed by atoms with Crippen LogP contribution in [0.2, 0.25) is 0 Å². The average Bonchev–Trinajstić information content (AvgIpc) is 3.10. The van der Waals surface area contributed by atoms with E-state index in [0.29, 0.717) is 54.4 Å². The summed E-state index contributed by atoms with van der Waals surface area (Å²) in [6.45, 7) is 2.92. The highest BCUT2D eigenvalue weighted by Gasteiger charge is 2.21. The molecule has 0 radical (unpaired) electrons. The summed E-state index contributed by atoms with van der Waals surface area (Å²) in [4.78, 5) is 17.3. The van der Waals surface area contributed by atoms with Crippen LogP contribution in [0.15, 0.2) is 34.1 Å². The standard InChI is InChI=1S/C21H25N5O4.2ClH.H2O/c1-22-6-7-24-12-2-3-13-17-16(12)21(30)19-15(29)5-4-14(28)18(19)20(17)25-26(13)10-8-23-9-11-27;;;/h2-5,22-23,25,27,29-30H,6-11H2,1H3;2*1H;1H2. The molecule has 0 bridgehead atoms. The predicted molar refractivity (Wildman–Crippen MR) is 135 cm³/mol. The monoisotopic (exact) mass is 501 g/mol. The van der Waals surface area contributed by atoms with Gasteiger partial charge in [0.05, 0.1) is 52.2 Å². The number of hydrogen-bond donors (Lipinski definition) is 6. The molecule has 0 aliphatic carbocycles. The van der Waals surface area contributed by atoms with Crippen molar-refractivity contribution in [1.82, 2.24) is 20.4 Å². The van der Waals surface area contributed by atoms with Gasteiger partial charge in [-0.1, -0.05) is 0 Å². The predicted octanol–water partition coefficient (Wildman–Crippen LogP) is 0.206. The first-order valence-electron chi connectivity index (χ1n) is 9.90.